The van der Waals surface area contributed by atoms with E-state index >= 15 is 0 Å². The number of likely N-dealkylation sites (tertiary alicyclic amines) is 1. The van der Waals surface area contributed by atoms with E-state index in [9.17, 15) is 23.7 Å². The molecular formula is C40H47N6O7PS. The largest absolute Gasteiger partial charge is 0.465 e. The van der Waals surface area contributed by atoms with Crippen LogP contribution < -0.4 is 14.9 Å². The second kappa shape index (κ2) is 16.6. The van der Waals surface area contributed by atoms with Gasteiger partial charge in [0.15, 0.2) is 0 Å². The van der Waals surface area contributed by atoms with Crippen LogP contribution >= 0.6 is 18.9 Å². The predicted molar refractivity (Wildman–Crippen MR) is 209 cm³/mol. The summed E-state index contributed by atoms with van der Waals surface area (Å²) < 4.78 is 26.4. The molecule has 2 aromatic carbocycles. The lowest BCUT2D eigenvalue weighted by Gasteiger charge is -2.42. The van der Waals surface area contributed by atoms with Gasteiger partial charge in [0.25, 0.3) is 5.91 Å². The van der Waals surface area contributed by atoms with E-state index in [1.807, 2.05) is 49.2 Å². The Morgan fingerprint density at radius 3 is 2.62 bits per heavy atom. The van der Waals surface area contributed by atoms with Crippen LogP contribution in [-0.4, -0.2) is 87.3 Å². The molecular weight excluding hydrogens is 740 g/mol. The van der Waals surface area contributed by atoms with Crippen LogP contribution in [0.1, 0.15) is 84.8 Å². The van der Waals surface area contributed by atoms with Crippen LogP contribution in [0.3, 0.4) is 0 Å². The van der Waals surface area contributed by atoms with Crippen molar-refractivity contribution in [1.82, 2.24) is 30.2 Å². The summed E-state index contributed by atoms with van der Waals surface area (Å²) in [7, 11) is -3.68. The first-order valence-electron chi connectivity index (χ1n) is 19.0. The molecule has 0 radical (unpaired) electrons. The Morgan fingerprint density at radius 1 is 1.05 bits per heavy atom. The minimum atomic E-state index is -3.68. The van der Waals surface area contributed by atoms with Gasteiger partial charge in [-0.1, -0.05) is 31.2 Å². The summed E-state index contributed by atoms with van der Waals surface area (Å²) in [5.41, 5.74) is 2.65. The molecule has 5 heterocycles. The summed E-state index contributed by atoms with van der Waals surface area (Å²) in [6, 6.07) is 13.9. The fraction of sp³-hybridized carbons (Fsp3) is 0.450. The van der Waals surface area contributed by atoms with E-state index < -0.39 is 31.6 Å². The molecule has 5 atom stereocenters. The molecule has 3 fully saturated rings. The van der Waals surface area contributed by atoms with Crippen molar-refractivity contribution in [2.24, 2.45) is 0 Å². The summed E-state index contributed by atoms with van der Waals surface area (Å²) in [5, 5.41) is 6.68. The number of benzene rings is 2. The molecule has 15 heteroatoms. The quantitative estimate of drug-likeness (QED) is 0.122. The molecule has 2 aromatic heterocycles. The normalized spacial score (nSPS) is 21.6. The maximum absolute atomic E-state index is 14.3. The molecule has 13 nitrogen and oxygen atoms in total. The number of hydrogen-bond acceptors (Lipinski definition) is 10. The topological polar surface area (TPSA) is 160 Å². The maximum Gasteiger partial charge on any atom is 0.323 e. The van der Waals surface area contributed by atoms with Crippen molar-refractivity contribution in [2.75, 3.05) is 19.7 Å². The Morgan fingerprint density at radius 2 is 1.85 bits per heavy atom. The highest BCUT2D eigenvalue weighted by Gasteiger charge is 2.47. The number of aryl methyl sites for hydroxylation is 1. The third-order valence-corrected chi connectivity index (χ3v) is 13.8. The monoisotopic (exact) mass is 786 g/mol. The second-order valence-electron chi connectivity index (χ2n) is 14.7. The molecule has 4 aromatic rings. The van der Waals surface area contributed by atoms with Gasteiger partial charge in [0.1, 0.15) is 30.2 Å². The number of carbonyl (C=O) groups excluding carboxylic acids is 4. The first-order chi connectivity index (χ1) is 26.5. The third kappa shape index (κ3) is 8.61. The first-order valence-corrected chi connectivity index (χ1v) is 21.6. The number of thiophene rings is 1. The number of nitrogens with zero attached hydrogens (tertiary/aromatic N) is 4. The van der Waals surface area contributed by atoms with Gasteiger partial charge >= 0.3 is 13.5 Å². The Balaban J connectivity index is 1.02. The third-order valence-electron chi connectivity index (χ3n) is 10.6. The van der Waals surface area contributed by atoms with Crippen molar-refractivity contribution in [3.8, 4) is 5.75 Å². The summed E-state index contributed by atoms with van der Waals surface area (Å²) in [6.45, 7) is 6.85. The first kappa shape index (κ1) is 38.6. The summed E-state index contributed by atoms with van der Waals surface area (Å²) in [5.74, 6) is -0.527. The fourth-order valence-electron chi connectivity index (χ4n) is 7.81. The predicted octanol–water partition coefficient (Wildman–Crippen LogP) is 5.97. The molecule has 0 spiro atoms. The number of amides is 3. The minimum absolute atomic E-state index is 0.0192. The Bertz CT molecular complexity index is 2110. The van der Waals surface area contributed by atoms with E-state index in [2.05, 4.69) is 20.4 Å². The molecule has 3 aliphatic rings. The van der Waals surface area contributed by atoms with Crippen molar-refractivity contribution >= 4 is 52.6 Å². The van der Waals surface area contributed by atoms with E-state index in [4.69, 9.17) is 9.26 Å². The highest BCUT2D eigenvalue weighted by molar-refractivity contribution is 7.56. The lowest BCUT2D eigenvalue weighted by molar-refractivity contribution is -0.148. The van der Waals surface area contributed by atoms with E-state index in [-0.39, 0.29) is 42.5 Å². The number of aromatic nitrogens is 2. The Labute approximate surface area is 324 Å². The molecule has 0 bridgehead atoms. The van der Waals surface area contributed by atoms with Crippen LogP contribution in [0.2, 0.25) is 0 Å². The number of rotatable bonds is 13. The van der Waals surface area contributed by atoms with Crippen LogP contribution in [0.25, 0.3) is 10.1 Å². The molecule has 290 valence electrons. The van der Waals surface area contributed by atoms with Gasteiger partial charge in [0, 0.05) is 41.6 Å². The summed E-state index contributed by atoms with van der Waals surface area (Å²) in [6.07, 6.45) is 7.43. The van der Waals surface area contributed by atoms with Gasteiger partial charge in [-0.25, -0.2) is 15.1 Å². The smallest absolute Gasteiger partial charge is 0.323 e. The van der Waals surface area contributed by atoms with Crippen LogP contribution in [0.5, 0.6) is 5.75 Å². The number of nitrogens with one attached hydrogen (secondary N) is 2. The molecule has 55 heavy (non-hydrogen) atoms. The molecule has 3 aliphatic heterocycles. The van der Waals surface area contributed by atoms with Gasteiger partial charge in [-0.05, 0) is 99.2 Å². The van der Waals surface area contributed by atoms with Crippen molar-refractivity contribution in [2.45, 2.75) is 95.5 Å². The number of ether oxygens (including phenoxy) is 1. The van der Waals surface area contributed by atoms with Gasteiger partial charge in [-0.15, -0.1) is 11.3 Å². The number of carbonyl (C=O) groups is 4. The maximum atomic E-state index is 14.3. The van der Waals surface area contributed by atoms with Gasteiger partial charge < -0.3 is 24.4 Å². The number of para-hydroxylation sites is 1. The lowest BCUT2D eigenvalue weighted by Crippen LogP contribution is -2.58. The molecule has 2 unspecified atom stereocenters. The number of fused-ring (bicyclic) bond motifs is 2. The molecule has 2 N–H and O–H groups in total. The van der Waals surface area contributed by atoms with Crippen molar-refractivity contribution in [3.63, 3.8) is 0 Å². The summed E-state index contributed by atoms with van der Waals surface area (Å²) >= 11 is 1.31. The van der Waals surface area contributed by atoms with Gasteiger partial charge in [0.2, 0.25) is 11.8 Å². The molecule has 7 rings (SSSR count). The average Bonchev–Trinajstić information content (AvgIpc) is 3.74. The van der Waals surface area contributed by atoms with Crippen LogP contribution in [0, 0.1) is 6.92 Å². The molecule has 3 amide bonds. The Hall–Kier alpha value is -4.65. The van der Waals surface area contributed by atoms with Crippen LogP contribution in [0.15, 0.2) is 67.1 Å². The second-order valence-corrected chi connectivity index (χ2v) is 17.9. The highest BCUT2D eigenvalue weighted by atomic mass is 32.1. The fourth-order valence-corrected chi connectivity index (χ4v) is 10.8. The highest BCUT2D eigenvalue weighted by Crippen LogP contribution is 2.47. The molecule has 0 saturated carbocycles. The van der Waals surface area contributed by atoms with Crippen LogP contribution in [0.4, 0.5) is 0 Å². The number of hydrogen-bond donors (Lipinski definition) is 2. The zero-order chi connectivity index (χ0) is 38.7. The van der Waals surface area contributed by atoms with E-state index in [1.165, 1.54) is 17.7 Å². The van der Waals surface area contributed by atoms with Gasteiger partial charge in [-0.3, -0.25) is 23.7 Å². The van der Waals surface area contributed by atoms with Crippen molar-refractivity contribution < 1.29 is 33.0 Å². The molecule has 0 aliphatic carbocycles. The van der Waals surface area contributed by atoms with E-state index in [0.29, 0.717) is 48.5 Å². The Kier molecular flexibility index (Phi) is 11.7. The standard InChI is InChI=1S/C40H47N6O7PS/c1-4-17-52-40(50)26(3)44-54(51,53-31-10-6-5-7-11-31)23-27-13-16-35-28(18-27)19-36(55-35)37(47)43-33-12-8-9-30-14-15-34(46(30)38(33)48)39(49)45-21-29(22-45)32-20-41-24-42-25(32)2/h5-7,10-11,13,16,18-20,24,26,29-30,33-34H,4,8-9,12,14-15,17,21-23H2,1-3H3,(H,43,47)(H,44,51)/t26-,30?,33-,34-,54?/m0/s1. The van der Waals surface area contributed by atoms with Crippen molar-refractivity contribution in [3.05, 3.63) is 88.8 Å². The molecule has 3 saturated heterocycles. The average molecular weight is 787 g/mol. The lowest BCUT2D eigenvalue weighted by atomic mass is 9.90. The summed E-state index contributed by atoms with van der Waals surface area (Å²) in [4.78, 5) is 66.6. The van der Waals surface area contributed by atoms with E-state index in [1.54, 1.807) is 42.2 Å². The number of esters is 1. The SMILES string of the molecule is CCCOC(=O)[C@H](C)NP(=O)(Cc1ccc2sc(C(=O)N[C@H]3CCCC4CC[C@@H](C(=O)N5CC(c6cncnc6C)C5)N4C3=O)cc2c1)Oc1ccccc1. The zero-order valence-corrected chi connectivity index (χ0v) is 33.0. The van der Waals surface area contributed by atoms with Crippen molar-refractivity contribution in [1.29, 1.82) is 0 Å². The zero-order valence-electron chi connectivity index (χ0n) is 31.3. The van der Waals surface area contributed by atoms with Gasteiger partial charge in [0.05, 0.1) is 17.6 Å². The van der Waals surface area contributed by atoms with Gasteiger partial charge in [-0.2, -0.15) is 0 Å². The van der Waals surface area contributed by atoms with Crippen LogP contribution in [-0.2, 0) is 29.8 Å². The van der Waals surface area contributed by atoms with E-state index in [0.717, 1.165) is 40.6 Å². The minimum Gasteiger partial charge on any atom is -0.465 e.